The van der Waals surface area contributed by atoms with Gasteiger partial charge in [0.15, 0.2) is 0 Å². The number of aryl methyl sites for hydroxylation is 1. The van der Waals surface area contributed by atoms with E-state index < -0.39 is 0 Å². The van der Waals surface area contributed by atoms with Crippen molar-refractivity contribution in [2.75, 3.05) is 13.1 Å². The SMILES string of the molecule is CCCc1[nH]ncc1C(=O)N1CCC[C@H](Cc2nc3ccccc3[nH]2)C1. The Balaban J connectivity index is 1.45. The summed E-state index contributed by atoms with van der Waals surface area (Å²) in [5, 5.41) is 7.06. The number of rotatable bonds is 5. The summed E-state index contributed by atoms with van der Waals surface area (Å²) in [6.07, 6.45) is 6.59. The molecule has 1 saturated heterocycles. The van der Waals surface area contributed by atoms with Crippen molar-refractivity contribution in [3.05, 3.63) is 47.5 Å². The second-order valence-electron chi connectivity index (χ2n) is 7.18. The Morgan fingerprint density at radius 2 is 2.23 bits per heavy atom. The molecule has 1 aliphatic rings. The van der Waals surface area contributed by atoms with E-state index in [1.54, 1.807) is 6.20 Å². The molecule has 0 aliphatic carbocycles. The van der Waals surface area contributed by atoms with Gasteiger partial charge in [-0.1, -0.05) is 25.5 Å². The third-order valence-corrected chi connectivity index (χ3v) is 5.18. The van der Waals surface area contributed by atoms with Crippen molar-refractivity contribution in [3.63, 3.8) is 0 Å². The van der Waals surface area contributed by atoms with E-state index in [4.69, 9.17) is 4.98 Å². The van der Waals surface area contributed by atoms with Gasteiger partial charge in [0.1, 0.15) is 5.82 Å². The maximum Gasteiger partial charge on any atom is 0.257 e. The summed E-state index contributed by atoms with van der Waals surface area (Å²) in [5.74, 6) is 1.56. The Morgan fingerprint density at radius 3 is 3.08 bits per heavy atom. The lowest BCUT2D eigenvalue weighted by atomic mass is 9.94. The highest BCUT2D eigenvalue weighted by Crippen LogP contribution is 2.23. The quantitative estimate of drug-likeness (QED) is 0.740. The molecule has 136 valence electrons. The molecule has 1 amide bonds. The second kappa shape index (κ2) is 7.32. The van der Waals surface area contributed by atoms with E-state index in [0.29, 0.717) is 5.92 Å². The predicted octanol–water partition coefficient (Wildman–Crippen LogP) is 3.33. The Hall–Kier alpha value is -2.63. The Bertz CT molecular complexity index is 863. The van der Waals surface area contributed by atoms with Gasteiger partial charge in [0.05, 0.1) is 22.8 Å². The molecule has 2 aromatic heterocycles. The molecule has 0 bridgehead atoms. The van der Waals surface area contributed by atoms with Crippen LogP contribution in [0.15, 0.2) is 30.5 Å². The van der Waals surface area contributed by atoms with Crippen LogP contribution in [0.5, 0.6) is 0 Å². The number of H-pyrrole nitrogens is 2. The largest absolute Gasteiger partial charge is 0.342 e. The molecule has 0 unspecified atom stereocenters. The summed E-state index contributed by atoms with van der Waals surface area (Å²) in [5.41, 5.74) is 3.77. The number of aromatic nitrogens is 4. The van der Waals surface area contributed by atoms with Crippen LogP contribution in [0.2, 0.25) is 0 Å². The highest BCUT2D eigenvalue weighted by molar-refractivity contribution is 5.95. The molecule has 3 aromatic rings. The fourth-order valence-corrected chi connectivity index (χ4v) is 3.90. The molecular weight excluding hydrogens is 326 g/mol. The highest BCUT2D eigenvalue weighted by Gasteiger charge is 2.27. The summed E-state index contributed by atoms with van der Waals surface area (Å²) in [6.45, 7) is 3.72. The van der Waals surface area contributed by atoms with E-state index in [-0.39, 0.29) is 5.91 Å². The molecule has 1 fully saturated rings. The first-order valence-corrected chi connectivity index (χ1v) is 9.49. The van der Waals surface area contributed by atoms with Crippen molar-refractivity contribution in [1.29, 1.82) is 0 Å². The molecule has 1 aliphatic heterocycles. The molecule has 0 spiro atoms. The van der Waals surface area contributed by atoms with Crippen LogP contribution >= 0.6 is 0 Å². The number of aromatic amines is 2. The first-order chi connectivity index (χ1) is 12.7. The zero-order valence-corrected chi connectivity index (χ0v) is 15.2. The van der Waals surface area contributed by atoms with Crippen molar-refractivity contribution >= 4 is 16.9 Å². The Labute approximate surface area is 153 Å². The fraction of sp³-hybridized carbons (Fsp3) is 0.450. The summed E-state index contributed by atoms with van der Waals surface area (Å²) in [6, 6.07) is 8.10. The van der Waals surface area contributed by atoms with Gasteiger partial charge in [-0.15, -0.1) is 0 Å². The number of hydrogen-bond donors (Lipinski definition) is 2. The van der Waals surface area contributed by atoms with Crippen molar-refractivity contribution in [2.45, 2.75) is 39.0 Å². The van der Waals surface area contributed by atoms with Crippen LogP contribution in [-0.2, 0) is 12.8 Å². The molecule has 26 heavy (non-hydrogen) atoms. The maximum absolute atomic E-state index is 12.9. The zero-order valence-electron chi connectivity index (χ0n) is 15.2. The number of benzene rings is 1. The molecular formula is C20H25N5O. The average molecular weight is 351 g/mol. The van der Waals surface area contributed by atoms with Crippen molar-refractivity contribution < 1.29 is 4.79 Å². The number of fused-ring (bicyclic) bond motifs is 1. The summed E-state index contributed by atoms with van der Waals surface area (Å²) < 4.78 is 0. The lowest BCUT2D eigenvalue weighted by Crippen LogP contribution is -2.40. The van der Waals surface area contributed by atoms with Crippen LogP contribution in [0.25, 0.3) is 11.0 Å². The van der Waals surface area contributed by atoms with E-state index in [2.05, 4.69) is 28.2 Å². The molecule has 6 heteroatoms. The number of imidazole rings is 1. The van der Waals surface area contributed by atoms with Crippen LogP contribution in [0.3, 0.4) is 0 Å². The highest BCUT2D eigenvalue weighted by atomic mass is 16.2. The minimum atomic E-state index is 0.108. The van der Waals surface area contributed by atoms with Gasteiger partial charge in [-0.05, 0) is 37.3 Å². The van der Waals surface area contributed by atoms with Crippen LogP contribution in [0.1, 0.15) is 48.1 Å². The fourth-order valence-electron chi connectivity index (χ4n) is 3.90. The molecule has 1 aromatic carbocycles. The van der Waals surface area contributed by atoms with E-state index in [1.165, 1.54) is 0 Å². The smallest absolute Gasteiger partial charge is 0.257 e. The predicted molar refractivity (Wildman–Crippen MR) is 101 cm³/mol. The van der Waals surface area contributed by atoms with Crippen LogP contribution in [-0.4, -0.2) is 44.1 Å². The molecule has 2 N–H and O–H groups in total. The van der Waals surface area contributed by atoms with E-state index >= 15 is 0 Å². The second-order valence-corrected chi connectivity index (χ2v) is 7.18. The number of carbonyl (C=O) groups is 1. The van der Waals surface area contributed by atoms with Crippen molar-refractivity contribution in [3.8, 4) is 0 Å². The summed E-state index contributed by atoms with van der Waals surface area (Å²) >= 11 is 0. The average Bonchev–Trinajstić information content (AvgIpc) is 3.28. The number of nitrogens with zero attached hydrogens (tertiary/aromatic N) is 3. The topological polar surface area (TPSA) is 77.7 Å². The van der Waals surface area contributed by atoms with E-state index in [0.717, 1.165) is 73.3 Å². The van der Waals surface area contributed by atoms with Gasteiger partial charge in [0.2, 0.25) is 0 Å². The van der Waals surface area contributed by atoms with Gasteiger partial charge in [0, 0.05) is 25.2 Å². The zero-order chi connectivity index (χ0) is 17.9. The van der Waals surface area contributed by atoms with Crippen molar-refractivity contribution in [2.24, 2.45) is 5.92 Å². The molecule has 6 nitrogen and oxygen atoms in total. The number of para-hydroxylation sites is 2. The minimum Gasteiger partial charge on any atom is -0.342 e. The first kappa shape index (κ1) is 16.8. The number of amides is 1. The number of hydrogen-bond acceptors (Lipinski definition) is 3. The van der Waals surface area contributed by atoms with E-state index in [1.807, 2.05) is 23.1 Å². The maximum atomic E-state index is 12.9. The van der Waals surface area contributed by atoms with E-state index in [9.17, 15) is 4.79 Å². The molecule has 0 saturated carbocycles. The minimum absolute atomic E-state index is 0.108. The molecule has 1 atom stereocenters. The number of likely N-dealkylation sites (tertiary alicyclic amines) is 1. The van der Waals surface area contributed by atoms with Crippen LogP contribution in [0, 0.1) is 5.92 Å². The van der Waals surface area contributed by atoms with Gasteiger partial charge in [-0.25, -0.2) is 4.98 Å². The Kier molecular flexibility index (Phi) is 4.73. The van der Waals surface area contributed by atoms with Gasteiger partial charge in [0.25, 0.3) is 5.91 Å². The summed E-state index contributed by atoms with van der Waals surface area (Å²) in [7, 11) is 0. The van der Waals surface area contributed by atoms with Gasteiger partial charge in [-0.3, -0.25) is 9.89 Å². The third kappa shape index (κ3) is 3.36. The normalized spacial score (nSPS) is 17.7. The number of piperidine rings is 1. The number of carbonyl (C=O) groups excluding carboxylic acids is 1. The van der Waals surface area contributed by atoms with Crippen molar-refractivity contribution in [1.82, 2.24) is 25.1 Å². The first-order valence-electron chi connectivity index (χ1n) is 9.49. The lowest BCUT2D eigenvalue weighted by Gasteiger charge is -2.32. The summed E-state index contributed by atoms with van der Waals surface area (Å²) in [4.78, 5) is 23.0. The van der Waals surface area contributed by atoms with Gasteiger partial charge >= 0.3 is 0 Å². The monoisotopic (exact) mass is 351 g/mol. The number of nitrogens with one attached hydrogen (secondary N) is 2. The molecule has 3 heterocycles. The Morgan fingerprint density at radius 1 is 1.35 bits per heavy atom. The van der Waals surface area contributed by atoms with Gasteiger partial charge in [-0.2, -0.15) is 5.10 Å². The third-order valence-electron chi connectivity index (χ3n) is 5.18. The molecule has 0 radical (unpaired) electrons. The van der Waals surface area contributed by atoms with Crippen LogP contribution < -0.4 is 0 Å². The standard InChI is InChI=1S/C20H25N5O/c1-2-6-16-15(12-21-24-16)20(26)25-10-5-7-14(13-25)11-19-22-17-8-3-4-9-18(17)23-19/h3-4,8-9,12,14H,2,5-7,10-11,13H2,1H3,(H,21,24)(H,22,23)/t14-/m1/s1. The van der Waals surface area contributed by atoms with Gasteiger partial charge < -0.3 is 9.88 Å². The lowest BCUT2D eigenvalue weighted by molar-refractivity contribution is 0.0671. The van der Waals surface area contributed by atoms with Crippen LogP contribution in [0.4, 0.5) is 0 Å². The molecule has 4 rings (SSSR count).